The fourth-order valence-corrected chi connectivity index (χ4v) is 2.14. The number of hydrogen-bond acceptors (Lipinski definition) is 3. The SMILES string of the molecule is O=Cc1ccccc1-c1ccccc1Oc1ccccn1. The van der Waals surface area contributed by atoms with Gasteiger partial charge in [0.1, 0.15) is 5.75 Å². The Balaban J connectivity index is 2.06. The lowest BCUT2D eigenvalue weighted by Crippen LogP contribution is -1.92. The number of aromatic nitrogens is 1. The quantitative estimate of drug-likeness (QED) is 0.664. The molecule has 0 fully saturated rings. The van der Waals surface area contributed by atoms with Crippen molar-refractivity contribution in [1.82, 2.24) is 4.98 Å². The fraction of sp³-hybridized carbons (Fsp3) is 0. The second-order valence-electron chi connectivity index (χ2n) is 4.47. The number of aldehydes is 1. The van der Waals surface area contributed by atoms with E-state index in [1.807, 2.05) is 54.6 Å². The van der Waals surface area contributed by atoms with Gasteiger partial charge in [-0.3, -0.25) is 4.79 Å². The van der Waals surface area contributed by atoms with E-state index in [4.69, 9.17) is 4.74 Å². The van der Waals surface area contributed by atoms with E-state index >= 15 is 0 Å². The molecule has 0 radical (unpaired) electrons. The molecule has 21 heavy (non-hydrogen) atoms. The van der Waals surface area contributed by atoms with Gasteiger partial charge in [-0.1, -0.05) is 48.5 Å². The number of benzene rings is 2. The van der Waals surface area contributed by atoms with Crippen LogP contribution in [0.3, 0.4) is 0 Å². The molecule has 102 valence electrons. The monoisotopic (exact) mass is 275 g/mol. The Kier molecular flexibility index (Phi) is 3.74. The predicted octanol–water partition coefficient (Wildman–Crippen LogP) is 4.35. The van der Waals surface area contributed by atoms with Crippen LogP contribution in [0.25, 0.3) is 11.1 Å². The van der Waals surface area contributed by atoms with Crippen molar-refractivity contribution >= 4 is 6.29 Å². The van der Waals surface area contributed by atoms with Gasteiger partial charge in [0.05, 0.1) is 0 Å². The van der Waals surface area contributed by atoms with Crippen LogP contribution in [0.2, 0.25) is 0 Å². The number of para-hydroxylation sites is 1. The molecule has 0 saturated carbocycles. The molecule has 1 aromatic heterocycles. The highest BCUT2D eigenvalue weighted by molar-refractivity contribution is 5.89. The summed E-state index contributed by atoms with van der Waals surface area (Å²) in [5, 5.41) is 0. The standard InChI is InChI=1S/C18H13NO2/c20-13-14-7-1-2-8-15(14)16-9-3-4-10-17(16)21-18-11-5-6-12-19-18/h1-13H. The third-order valence-corrected chi connectivity index (χ3v) is 3.12. The molecule has 3 rings (SSSR count). The summed E-state index contributed by atoms with van der Waals surface area (Å²) in [4.78, 5) is 15.4. The summed E-state index contributed by atoms with van der Waals surface area (Å²) in [6.07, 6.45) is 2.53. The number of ether oxygens (including phenoxy) is 1. The minimum atomic E-state index is 0.522. The summed E-state index contributed by atoms with van der Waals surface area (Å²) >= 11 is 0. The van der Waals surface area contributed by atoms with Crippen molar-refractivity contribution in [3.8, 4) is 22.8 Å². The lowest BCUT2D eigenvalue weighted by molar-refractivity contribution is 0.112. The largest absolute Gasteiger partial charge is 0.438 e. The normalized spacial score (nSPS) is 10.1. The van der Waals surface area contributed by atoms with Gasteiger partial charge in [0, 0.05) is 23.4 Å². The lowest BCUT2D eigenvalue weighted by Gasteiger charge is -2.11. The van der Waals surface area contributed by atoms with Gasteiger partial charge in [-0.2, -0.15) is 0 Å². The molecule has 0 bridgehead atoms. The van der Waals surface area contributed by atoms with Crippen LogP contribution in [0.5, 0.6) is 11.6 Å². The van der Waals surface area contributed by atoms with Crippen molar-refractivity contribution in [3.05, 3.63) is 78.5 Å². The molecule has 3 nitrogen and oxygen atoms in total. The molecule has 0 unspecified atom stereocenters. The summed E-state index contributed by atoms with van der Waals surface area (Å²) < 4.78 is 5.84. The molecule has 0 aliphatic rings. The van der Waals surface area contributed by atoms with E-state index < -0.39 is 0 Å². The number of carbonyl (C=O) groups excluding carboxylic acids is 1. The van der Waals surface area contributed by atoms with Crippen LogP contribution in [0, 0.1) is 0 Å². The molecule has 0 amide bonds. The topological polar surface area (TPSA) is 39.2 Å². The first-order chi connectivity index (χ1) is 10.4. The van der Waals surface area contributed by atoms with E-state index in [2.05, 4.69) is 4.98 Å². The van der Waals surface area contributed by atoms with Crippen molar-refractivity contribution in [2.75, 3.05) is 0 Å². The molecule has 3 aromatic rings. The van der Waals surface area contributed by atoms with E-state index in [9.17, 15) is 4.79 Å². The Bertz CT molecular complexity index is 754. The third kappa shape index (κ3) is 2.82. The smallest absolute Gasteiger partial charge is 0.219 e. The van der Waals surface area contributed by atoms with Crippen molar-refractivity contribution < 1.29 is 9.53 Å². The fourth-order valence-electron chi connectivity index (χ4n) is 2.14. The number of hydrogen-bond donors (Lipinski definition) is 0. The molecule has 0 aliphatic carbocycles. The number of nitrogens with zero attached hydrogens (tertiary/aromatic N) is 1. The zero-order valence-corrected chi connectivity index (χ0v) is 11.3. The maximum atomic E-state index is 11.2. The molecule has 0 saturated heterocycles. The van der Waals surface area contributed by atoms with Crippen LogP contribution < -0.4 is 4.74 Å². The van der Waals surface area contributed by atoms with Gasteiger partial charge in [0.2, 0.25) is 5.88 Å². The summed E-state index contributed by atoms with van der Waals surface area (Å²) in [5.74, 6) is 1.19. The maximum absolute atomic E-state index is 11.2. The van der Waals surface area contributed by atoms with Crippen LogP contribution >= 0.6 is 0 Å². The van der Waals surface area contributed by atoms with Gasteiger partial charge in [-0.05, 0) is 17.7 Å². The van der Waals surface area contributed by atoms with E-state index in [1.165, 1.54) is 0 Å². The molecule has 0 spiro atoms. The zero-order valence-electron chi connectivity index (χ0n) is 11.3. The Morgan fingerprint density at radius 3 is 2.29 bits per heavy atom. The number of pyridine rings is 1. The summed E-state index contributed by atoms with van der Waals surface area (Å²) in [5.41, 5.74) is 2.35. The first-order valence-electron chi connectivity index (χ1n) is 6.61. The highest BCUT2D eigenvalue weighted by atomic mass is 16.5. The molecule has 0 N–H and O–H groups in total. The Morgan fingerprint density at radius 2 is 1.52 bits per heavy atom. The average molecular weight is 275 g/mol. The van der Waals surface area contributed by atoms with Crippen molar-refractivity contribution in [3.63, 3.8) is 0 Å². The van der Waals surface area contributed by atoms with E-state index in [0.29, 0.717) is 17.2 Å². The molecular weight excluding hydrogens is 262 g/mol. The second-order valence-corrected chi connectivity index (χ2v) is 4.47. The van der Waals surface area contributed by atoms with Crippen LogP contribution in [-0.2, 0) is 0 Å². The first-order valence-corrected chi connectivity index (χ1v) is 6.61. The maximum Gasteiger partial charge on any atom is 0.219 e. The third-order valence-electron chi connectivity index (χ3n) is 3.12. The Morgan fingerprint density at radius 1 is 0.810 bits per heavy atom. The molecule has 1 heterocycles. The highest BCUT2D eigenvalue weighted by Gasteiger charge is 2.10. The van der Waals surface area contributed by atoms with E-state index in [0.717, 1.165) is 17.4 Å². The lowest BCUT2D eigenvalue weighted by atomic mass is 10.00. The first kappa shape index (κ1) is 13.1. The predicted molar refractivity (Wildman–Crippen MR) is 81.6 cm³/mol. The van der Waals surface area contributed by atoms with E-state index in [1.54, 1.807) is 18.3 Å². The summed E-state index contributed by atoms with van der Waals surface area (Å²) in [7, 11) is 0. The zero-order chi connectivity index (χ0) is 14.5. The molecular formula is C18H13NO2. The molecule has 0 atom stereocenters. The van der Waals surface area contributed by atoms with Crippen LogP contribution in [0.4, 0.5) is 0 Å². The minimum Gasteiger partial charge on any atom is -0.438 e. The van der Waals surface area contributed by atoms with Gasteiger partial charge in [0.15, 0.2) is 6.29 Å². The minimum absolute atomic E-state index is 0.522. The van der Waals surface area contributed by atoms with Crippen LogP contribution in [-0.4, -0.2) is 11.3 Å². The Labute approximate surface area is 122 Å². The van der Waals surface area contributed by atoms with Gasteiger partial charge < -0.3 is 4.74 Å². The Hall–Kier alpha value is -2.94. The van der Waals surface area contributed by atoms with Crippen molar-refractivity contribution in [1.29, 1.82) is 0 Å². The van der Waals surface area contributed by atoms with Crippen molar-refractivity contribution in [2.45, 2.75) is 0 Å². The average Bonchev–Trinajstić information content (AvgIpc) is 2.56. The molecule has 3 heteroatoms. The number of rotatable bonds is 4. The van der Waals surface area contributed by atoms with E-state index in [-0.39, 0.29) is 0 Å². The van der Waals surface area contributed by atoms with Crippen LogP contribution in [0.15, 0.2) is 72.9 Å². The second kappa shape index (κ2) is 6.01. The van der Waals surface area contributed by atoms with Gasteiger partial charge in [-0.25, -0.2) is 4.98 Å². The molecule has 2 aromatic carbocycles. The highest BCUT2D eigenvalue weighted by Crippen LogP contribution is 2.33. The molecule has 0 aliphatic heterocycles. The summed E-state index contributed by atoms with van der Waals surface area (Å²) in [6, 6.07) is 20.5. The summed E-state index contributed by atoms with van der Waals surface area (Å²) in [6.45, 7) is 0. The van der Waals surface area contributed by atoms with Gasteiger partial charge in [0.25, 0.3) is 0 Å². The van der Waals surface area contributed by atoms with Gasteiger partial charge >= 0.3 is 0 Å². The number of carbonyl (C=O) groups is 1. The van der Waals surface area contributed by atoms with Crippen LogP contribution in [0.1, 0.15) is 10.4 Å². The van der Waals surface area contributed by atoms with Gasteiger partial charge in [-0.15, -0.1) is 0 Å². The van der Waals surface area contributed by atoms with Crippen molar-refractivity contribution in [2.24, 2.45) is 0 Å².